The molecule has 1 aliphatic rings. The number of carbonyl (C=O) groups is 1. The number of nitrogens with two attached hydrogens (primary N) is 1. The minimum Gasteiger partial charge on any atom is -0.431 e. The predicted molar refractivity (Wildman–Crippen MR) is 105 cm³/mol. The van der Waals surface area contributed by atoms with E-state index in [0.29, 0.717) is 23.9 Å². The highest BCUT2D eigenvalue weighted by Gasteiger charge is 2.48. The maximum absolute atomic E-state index is 15.3. The largest absolute Gasteiger partial charge is 0.431 e. The van der Waals surface area contributed by atoms with Crippen molar-refractivity contribution in [2.75, 3.05) is 6.54 Å². The summed E-state index contributed by atoms with van der Waals surface area (Å²) in [6.07, 6.45) is 2.71. The molecule has 1 fully saturated rings. The lowest BCUT2D eigenvalue weighted by molar-refractivity contribution is 0.00408. The lowest BCUT2D eigenvalue weighted by Crippen LogP contribution is -2.55. The van der Waals surface area contributed by atoms with Crippen LogP contribution in [-0.4, -0.2) is 28.9 Å². The standard InChI is InChI=1S/C20H19ClF2N4O2/c21-13-6-12(7-14(22)8-13)20(29-19(24)28,18-3-1-2-4-25-18)15-5-11-10-26-27-17(11)9-16(15)23/h5-10,18,25H,1-4H2,(H2,24,28)(H,26,27)/t18-,20?/m0/s1. The van der Waals surface area contributed by atoms with Crippen molar-refractivity contribution in [3.05, 3.63) is 64.3 Å². The second-order valence-corrected chi connectivity index (χ2v) is 7.54. The fourth-order valence-electron chi connectivity index (χ4n) is 4.10. The summed E-state index contributed by atoms with van der Waals surface area (Å²) in [5.41, 5.74) is 4.43. The molecule has 1 aliphatic heterocycles. The molecule has 1 saturated heterocycles. The Kier molecular flexibility index (Phi) is 5.14. The van der Waals surface area contributed by atoms with Crippen molar-refractivity contribution in [2.45, 2.75) is 30.9 Å². The maximum Gasteiger partial charge on any atom is 0.405 e. The number of fused-ring (bicyclic) bond motifs is 1. The number of aromatic amines is 1. The summed E-state index contributed by atoms with van der Waals surface area (Å²) in [6.45, 7) is 0.632. The van der Waals surface area contributed by atoms with Gasteiger partial charge in [0.2, 0.25) is 0 Å². The molecule has 1 aromatic heterocycles. The lowest BCUT2D eigenvalue weighted by Gasteiger charge is -2.43. The Hall–Kier alpha value is -2.71. The number of nitrogens with zero attached hydrogens (tertiary/aromatic N) is 1. The molecule has 0 aliphatic carbocycles. The number of hydrogen-bond donors (Lipinski definition) is 3. The van der Waals surface area contributed by atoms with E-state index in [-0.39, 0.29) is 16.1 Å². The van der Waals surface area contributed by atoms with Crippen LogP contribution in [0, 0.1) is 11.6 Å². The number of primary amides is 1. The first-order chi connectivity index (χ1) is 13.9. The molecule has 1 unspecified atom stereocenters. The number of rotatable bonds is 4. The molecular formula is C20H19ClF2N4O2. The van der Waals surface area contributed by atoms with E-state index in [9.17, 15) is 9.18 Å². The number of carbonyl (C=O) groups excluding carboxylic acids is 1. The van der Waals surface area contributed by atoms with E-state index < -0.39 is 29.4 Å². The van der Waals surface area contributed by atoms with Crippen LogP contribution < -0.4 is 11.1 Å². The summed E-state index contributed by atoms with van der Waals surface area (Å²) in [7, 11) is 0. The molecule has 3 aromatic rings. The van der Waals surface area contributed by atoms with E-state index >= 15 is 4.39 Å². The Bertz CT molecular complexity index is 1050. The normalized spacial score (nSPS) is 19.1. The monoisotopic (exact) mass is 420 g/mol. The van der Waals surface area contributed by atoms with Crippen molar-refractivity contribution in [3.8, 4) is 0 Å². The van der Waals surface area contributed by atoms with Gasteiger partial charge in [-0.15, -0.1) is 0 Å². The molecule has 0 radical (unpaired) electrons. The summed E-state index contributed by atoms with van der Waals surface area (Å²) < 4.78 is 35.3. The number of amides is 1. The molecule has 2 atom stereocenters. The van der Waals surface area contributed by atoms with Crippen molar-refractivity contribution in [3.63, 3.8) is 0 Å². The van der Waals surface area contributed by atoms with Gasteiger partial charge in [-0.25, -0.2) is 13.6 Å². The zero-order valence-electron chi connectivity index (χ0n) is 15.3. The quantitative estimate of drug-likeness (QED) is 0.595. The van der Waals surface area contributed by atoms with E-state index in [0.717, 1.165) is 18.9 Å². The average Bonchev–Trinajstić information content (AvgIpc) is 3.12. The van der Waals surface area contributed by atoms with Crippen molar-refractivity contribution >= 4 is 28.6 Å². The minimum absolute atomic E-state index is 0.0475. The lowest BCUT2D eigenvalue weighted by atomic mass is 9.76. The number of piperidine rings is 1. The summed E-state index contributed by atoms with van der Waals surface area (Å²) in [4.78, 5) is 12.0. The van der Waals surface area contributed by atoms with Gasteiger partial charge >= 0.3 is 6.09 Å². The van der Waals surface area contributed by atoms with Gasteiger partial charge in [0.25, 0.3) is 0 Å². The fourth-order valence-corrected chi connectivity index (χ4v) is 4.33. The van der Waals surface area contributed by atoms with Gasteiger partial charge < -0.3 is 15.8 Å². The summed E-state index contributed by atoms with van der Waals surface area (Å²) in [5.74, 6) is -1.28. The zero-order chi connectivity index (χ0) is 20.6. The third-order valence-electron chi connectivity index (χ3n) is 5.28. The molecule has 0 spiro atoms. The Morgan fingerprint density at radius 2 is 2.07 bits per heavy atom. The smallest absolute Gasteiger partial charge is 0.405 e. The third kappa shape index (κ3) is 3.54. The van der Waals surface area contributed by atoms with Crippen molar-refractivity contribution in [1.82, 2.24) is 15.5 Å². The maximum atomic E-state index is 15.3. The highest BCUT2D eigenvalue weighted by atomic mass is 35.5. The summed E-state index contributed by atoms with van der Waals surface area (Å²) in [5, 5.41) is 10.6. The van der Waals surface area contributed by atoms with E-state index in [2.05, 4.69) is 15.5 Å². The van der Waals surface area contributed by atoms with Crippen molar-refractivity contribution in [1.29, 1.82) is 0 Å². The Morgan fingerprint density at radius 1 is 1.24 bits per heavy atom. The number of H-pyrrole nitrogens is 1. The van der Waals surface area contributed by atoms with Gasteiger partial charge in [-0.2, -0.15) is 5.10 Å². The fraction of sp³-hybridized carbons (Fsp3) is 0.300. The third-order valence-corrected chi connectivity index (χ3v) is 5.50. The Labute approximate surface area is 170 Å². The highest BCUT2D eigenvalue weighted by Crippen LogP contribution is 2.43. The van der Waals surface area contributed by atoms with E-state index in [1.807, 2.05) is 0 Å². The number of hydrogen-bond acceptors (Lipinski definition) is 4. The van der Waals surface area contributed by atoms with Gasteiger partial charge in [0, 0.05) is 21.5 Å². The Balaban J connectivity index is 2.04. The summed E-state index contributed by atoms with van der Waals surface area (Å²) in [6, 6.07) is 6.03. The molecule has 4 N–H and O–H groups in total. The van der Waals surface area contributed by atoms with Crippen LogP contribution in [-0.2, 0) is 10.3 Å². The van der Waals surface area contributed by atoms with Crippen LogP contribution in [0.5, 0.6) is 0 Å². The molecule has 6 nitrogen and oxygen atoms in total. The van der Waals surface area contributed by atoms with Gasteiger partial charge in [-0.05, 0) is 49.7 Å². The highest BCUT2D eigenvalue weighted by molar-refractivity contribution is 6.30. The molecule has 9 heteroatoms. The molecule has 4 rings (SSSR count). The van der Waals surface area contributed by atoms with Gasteiger partial charge in [-0.3, -0.25) is 5.10 Å². The van der Waals surface area contributed by atoms with Gasteiger partial charge in [-0.1, -0.05) is 18.0 Å². The summed E-state index contributed by atoms with van der Waals surface area (Å²) >= 11 is 6.10. The molecule has 2 aromatic carbocycles. The molecule has 0 bridgehead atoms. The zero-order valence-corrected chi connectivity index (χ0v) is 16.1. The number of ether oxygens (including phenoxy) is 1. The number of benzene rings is 2. The van der Waals surface area contributed by atoms with Gasteiger partial charge in [0.1, 0.15) is 11.6 Å². The first-order valence-corrected chi connectivity index (χ1v) is 9.59. The van der Waals surface area contributed by atoms with Gasteiger partial charge in [0.15, 0.2) is 5.60 Å². The second-order valence-electron chi connectivity index (χ2n) is 7.11. The molecule has 1 amide bonds. The topological polar surface area (TPSA) is 93.0 Å². The van der Waals surface area contributed by atoms with Gasteiger partial charge in [0.05, 0.1) is 17.8 Å². The number of aromatic nitrogens is 2. The van der Waals surface area contributed by atoms with Crippen LogP contribution in [0.4, 0.5) is 13.6 Å². The van der Waals surface area contributed by atoms with Crippen LogP contribution in [0.2, 0.25) is 5.02 Å². The molecule has 0 saturated carbocycles. The Morgan fingerprint density at radius 3 is 2.76 bits per heavy atom. The van der Waals surface area contributed by atoms with Crippen molar-refractivity contribution < 1.29 is 18.3 Å². The number of halogens is 3. The predicted octanol–water partition coefficient (Wildman–Crippen LogP) is 3.98. The van der Waals surface area contributed by atoms with Crippen LogP contribution in [0.25, 0.3) is 10.9 Å². The molecule has 29 heavy (non-hydrogen) atoms. The minimum atomic E-state index is -1.71. The average molecular weight is 421 g/mol. The van der Waals surface area contributed by atoms with Crippen LogP contribution in [0.15, 0.2) is 36.5 Å². The molecule has 2 heterocycles. The SMILES string of the molecule is NC(=O)OC(c1cc(F)cc(Cl)c1)(c1cc2cn[nH]c2cc1F)[C@@H]1CCCCN1. The second kappa shape index (κ2) is 7.61. The van der Waals surface area contributed by atoms with E-state index in [4.69, 9.17) is 22.1 Å². The van der Waals surface area contributed by atoms with E-state index in [1.165, 1.54) is 30.5 Å². The first-order valence-electron chi connectivity index (χ1n) is 9.21. The van der Waals surface area contributed by atoms with Crippen LogP contribution in [0.3, 0.4) is 0 Å². The van der Waals surface area contributed by atoms with Crippen LogP contribution in [0.1, 0.15) is 30.4 Å². The molecule has 152 valence electrons. The first kappa shape index (κ1) is 19.6. The molecular weight excluding hydrogens is 402 g/mol. The van der Waals surface area contributed by atoms with Crippen molar-refractivity contribution in [2.24, 2.45) is 5.73 Å². The number of nitrogens with one attached hydrogen (secondary N) is 2. The van der Waals surface area contributed by atoms with E-state index in [1.54, 1.807) is 0 Å². The van der Waals surface area contributed by atoms with Crippen LogP contribution >= 0.6 is 11.6 Å².